The third-order valence-corrected chi connectivity index (χ3v) is 2.82. The predicted molar refractivity (Wildman–Crippen MR) is 58.2 cm³/mol. The fourth-order valence-corrected chi connectivity index (χ4v) is 1.86. The molecular formula is C11H18N2O2. The molecule has 1 saturated heterocycles. The molecule has 0 amide bonds. The van der Waals surface area contributed by atoms with E-state index in [4.69, 9.17) is 4.74 Å². The number of hydrogen-bond donors (Lipinski definition) is 1. The van der Waals surface area contributed by atoms with Crippen molar-refractivity contribution in [2.45, 2.75) is 19.1 Å². The number of nitrogens with zero attached hydrogens (tertiary/aromatic N) is 2. The number of likely N-dealkylation sites (N-methyl/N-ethyl adjacent to an activating group) is 1. The Morgan fingerprint density at radius 1 is 1.47 bits per heavy atom. The molecule has 0 aromatic rings. The van der Waals surface area contributed by atoms with Crippen LogP contribution in [0, 0.1) is 0 Å². The normalized spacial score (nSPS) is 27.1. The summed E-state index contributed by atoms with van der Waals surface area (Å²) < 4.78 is 5.71. The summed E-state index contributed by atoms with van der Waals surface area (Å²) in [7, 11) is 1.94. The standard InChI is InChI=1S/C11H18N2O2/c1-12-7-4-10(14)8-11(12)15-9-13-5-2-3-6-13/h4,7-8,11,14H,2-3,5-6,9H2,1H3. The molecule has 1 unspecified atom stereocenters. The third kappa shape index (κ3) is 2.73. The number of allylic oxidation sites excluding steroid dienone is 1. The lowest BCUT2D eigenvalue weighted by Crippen LogP contribution is -2.34. The van der Waals surface area contributed by atoms with Gasteiger partial charge in [0.15, 0.2) is 6.23 Å². The van der Waals surface area contributed by atoms with Crippen molar-refractivity contribution in [3.05, 3.63) is 24.1 Å². The molecule has 0 aliphatic carbocycles. The van der Waals surface area contributed by atoms with Crippen LogP contribution in [0.1, 0.15) is 12.8 Å². The smallest absolute Gasteiger partial charge is 0.154 e. The SMILES string of the molecule is CN1C=CC(O)=CC1OCN1CCCC1. The molecule has 0 bridgehead atoms. The van der Waals surface area contributed by atoms with E-state index in [0.717, 1.165) is 13.1 Å². The molecule has 2 aliphatic heterocycles. The molecule has 2 aliphatic rings. The first-order valence-corrected chi connectivity index (χ1v) is 5.40. The molecule has 0 aromatic carbocycles. The second kappa shape index (κ2) is 4.68. The zero-order valence-electron chi connectivity index (χ0n) is 9.09. The van der Waals surface area contributed by atoms with Gasteiger partial charge in [0.05, 0.1) is 0 Å². The highest BCUT2D eigenvalue weighted by Gasteiger charge is 2.17. The van der Waals surface area contributed by atoms with Crippen LogP contribution in [-0.2, 0) is 4.74 Å². The molecule has 1 fully saturated rings. The van der Waals surface area contributed by atoms with Gasteiger partial charge in [-0.25, -0.2) is 0 Å². The molecule has 2 rings (SSSR count). The van der Waals surface area contributed by atoms with E-state index in [2.05, 4.69) is 4.90 Å². The van der Waals surface area contributed by atoms with Crippen LogP contribution in [0.3, 0.4) is 0 Å². The van der Waals surface area contributed by atoms with Crippen LogP contribution in [0.25, 0.3) is 0 Å². The molecule has 4 nitrogen and oxygen atoms in total. The highest BCUT2D eigenvalue weighted by molar-refractivity contribution is 5.16. The molecule has 0 aromatic heterocycles. The van der Waals surface area contributed by atoms with E-state index in [0.29, 0.717) is 6.73 Å². The first-order chi connectivity index (χ1) is 7.25. The Labute approximate surface area is 90.4 Å². The quantitative estimate of drug-likeness (QED) is 0.761. The van der Waals surface area contributed by atoms with Crippen LogP contribution in [0.5, 0.6) is 0 Å². The summed E-state index contributed by atoms with van der Waals surface area (Å²) in [5.74, 6) is 0.277. The molecule has 84 valence electrons. The van der Waals surface area contributed by atoms with E-state index in [9.17, 15) is 5.11 Å². The van der Waals surface area contributed by atoms with Gasteiger partial charge in [0.1, 0.15) is 12.5 Å². The van der Waals surface area contributed by atoms with Crippen LogP contribution in [0.2, 0.25) is 0 Å². The highest BCUT2D eigenvalue weighted by Crippen LogP contribution is 2.13. The van der Waals surface area contributed by atoms with Crippen molar-refractivity contribution in [1.82, 2.24) is 9.80 Å². The number of ether oxygens (including phenoxy) is 1. The van der Waals surface area contributed by atoms with Gasteiger partial charge in [0.25, 0.3) is 0 Å². The minimum Gasteiger partial charge on any atom is -0.508 e. The lowest BCUT2D eigenvalue weighted by atomic mass is 10.3. The summed E-state index contributed by atoms with van der Waals surface area (Å²) in [4.78, 5) is 4.23. The van der Waals surface area contributed by atoms with E-state index in [-0.39, 0.29) is 12.0 Å². The first-order valence-electron chi connectivity index (χ1n) is 5.40. The Morgan fingerprint density at radius 2 is 2.20 bits per heavy atom. The monoisotopic (exact) mass is 210 g/mol. The van der Waals surface area contributed by atoms with Crippen molar-refractivity contribution < 1.29 is 9.84 Å². The largest absolute Gasteiger partial charge is 0.508 e. The van der Waals surface area contributed by atoms with E-state index in [1.54, 1.807) is 12.2 Å². The van der Waals surface area contributed by atoms with Crippen molar-refractivity contribution in [3.8, 4) is 0 Å². The molecule has 0 spiro atoms. The maximum atomic E-state index is 9.34. The molecule has 0 radical (unpaired) electrons. The highest BCUT2D eigenvalue weighted by atomic mass is 16.5. The summed E-state index contributed by atoms with van der Waals surface area (Å²) in [6.07, 6.45) is 7.60. The second-order valence-corrected chi connectivity index (χ2v) is 4.08. The second-order valence-electron chi connectivity index (χ2n) is 4.08. The summed E-state index contributed by atoms with van der Waals surface area (Å²) in [5, 5.41) is 9.34. The fraction of sp³-hybridized carbons (Fsp3) is 0.636. The van der Waals surface area contributed by atoms with E-state index in [1.807, 2.05) is 18.1 Å². The maximum absolute atomic E-state index is 9.34. The van der Waals surface area contributed by atoms with Crippen molar-refractivity contribution in [1.29, 1.82) is 0 Å². The zero-order chi connectivity index (χ0) is 10.7. The molecule has 1 N–H and O–H groups in total. The lowest BCUT2D eigenvalue weighted by molar-refractivity contribution is -0.0468. The molecule has 15 heavy (non-hydrogen) atoms. The summed E-state index contributed by atoms with van der Waals surface area (Å²) in [6, 6.07) is 0. The Hall–Kier alpha value is -1.00. The van der Waals surface area contributed by atoms with Crippen molar-refractivity contribution in [2.75, 3.05) is 26.9 Å². The Kier molecular flexibility index (Phi) is 3.28. The van der Waals surface area contributed by atoms with E-state index < -0.39 is 0 Å². The summed E-state index contributed by atoms with van der Waals surface area (Å²) >= 11 is 0. The topological polar surface area (TPSA) is 35.9 Å². The average molecular weight is 210 g/mol. The lowest BCUT2D eigenvalue weighted by Gasteiger charge is -2.28. The van der Waals surface area contributed by atoms with Gasteiger partial charge in [-0.2, -0.15) is 0 Å². The van der Waals surface area contributed by atoms with Crippen LogP contribution < -0.4 is 0 Å². The van der Waals surface area contributed by atoms with Gasteiger partial charge in [-0.05, 0) is 18.9 Å². The number of aliphatic hydroxyl groups is 1. The fourth-order valence-electron chi connectivity index (χ4n) is 1.86. The van der Waals surface area contributed by atoms with Gasteiger partial charge in [0.2, 0.25) is 0 Å². The van der Waals surface area contributed by atoms with E-state index in [1.165, 1.54) is 12.8 Å². The van der Waals surface area contributed by atoms with Crippen LogP contribution in [0.15, 0.2) is 24.1 Å². The van der Waals surface area contributed by atoms with Crippen LogP contribution in [-0.4, -0.2) is 48.0 Å². The maximum Gasteiger partial charge on any atom is 0.154 e. The van der Waals surface area contributed by atoms with Crippen molar-refractivity contribution >= 4 is 0 Å². The van der Waals surface area contributed by atoms with Gasteiger partial charge in [-0.1, -0.05) is 0 Å². The van der Waals surface area contributed by atoms with Gasteiger partial charge in [0, 0.05) is 32.4 Å². The van der Waals surface area contributed by atoms with Gasteiger partial charge >= 0.3 is 0 Å². The molecule has 0 saturated carbocycles. The van der Waals surface area contributed by atoms with Crippen molar-refractivity contribution in [3.63, 3.8) is 0 Å². The zero-order valence-corrected chi connectivity index (χ0v) is 9.09. The van der Waals surface area contributed by atoms with Crippen molar-refractivity contribution in [2.24, 2.45) is 0 Å². The minimum absolute atomic E-state index is 0.143. The Bertz CT molecular complexity index is 270. The van der Waals surface area contributed by atoms with Crippen LogP contribution >= 0.6 is 0 Å². The Morgan fingerprint density at radius 3 is 2.93 bits per heavy atom. The first kappa shape index (κ1) is 10.5. The summed E-state index contributed by atoms with van der Waals surface area (Å²) in [5.41, 5.74) is 0. The average Bonchev–Trinajstić information content (AvgIpc) is 2.72. The number of hydrogen-bond acceptors (Lipinski definition) is 4. The number of rotatable bonds is 3. The minimum atomic E-state index is -0.143. The van der Waals surface area contributed by atoms with Gasteiger partial charge < -0.3 is 14.7 Å². The molecule has 2 heterocycles. The van der Waals surface area contributed by atoms with Crippen LogP contribution in [0.4, 0.5) is 0 Å². The van der Waals surface area contributed by atoms with E-state index >= 15 is 0 Å². The molecule has 1 atom stereocenters. The molecular weight excluding hydrogens is 192 g/mol. The predicted octanol–water partition coefficient (Wildman–Crippen LogP) is 1.28. The number of likely N-dealkylation sites (tertiary alicyclic amines) is 1. The van der Waals surface area contributed by atoms with Gasteiger partial charge in [-0.15, -0.1) is 0 Å². The number of aliphatic hydroxyl groups excluding tert-OH is 1. The Balaban J connectivity index is 1.80. The molecule has 4 heteroatoms. The van der Waals surface area contributed by atoms with Gasteiger partial charge in [-0.3, -0.25) is 4.90 Å². The third-order valence-electron chi connectivity index (χ3n) is 2.82. The summed E-state index contributed by atoms with van der Waals surface area (Å²) in [6.45, 7) is 2.90.